The van der Waals surface area contributed by atoms with Crippen LogP contribution in [0, 0.1) is 0 Å². The minimum Gasteiger partial charge on any atom is -0.396 e. The number of nitrogens with zero attached hydrogens (tertiary/aromatic N) is 12. The molecule has 0 bridgehead atoms. The Labute approximate surface area is 722 Å². The first-order valence-corrected chi connectivity index (χ1v) is 45.7. The van der Waals surface area contributed by atoms with Crippen LogP contribution in [0.2, 0.25) is 0 Å². The number of imidazole rings is 1. The van der Waals surface area contributed by atoms with Gasteiger partial charge < -0.3 is 73.2 Å². The minimum atomic E-state index is -0.470. The van der Waals surface area contributed by atoms with E-state index in [-0.39, 0.29) is 38.3 Å². The number of hydrogen-bond acceptors (Lipinski definition) is 22. The standard InChI is InChI=1S/C12H23N3.C12H25NO2.C11H26N2.C11H25NO2.2C10H23NO2.C10H23NO.C9H21NO.C8H19NO/c1-11(2)15(12(3)4)8-5-7-14-9-6-13-10-14;1-9(2)13(10(3)4)7-11-8-14-12(5,6)15-11;1-10(2)12(5)8-7-9-13(6)11(3)4;1-6-11(7-13,8-14)12(9(2)3)10(4)5;1-8(2)11(9(3)4)7-10(12-5)13-6;1-9(2)11(10(3)4)5-7-13-8-6-12;1-8(2)11(9(3)4)7-6-10(5)12;1-8(2)10(9(3)4)6-7-11-5;1-4-9(8(2)3)6-5-7-10/h6,9-12H,5,7-8H2,1-4H3;9-11H,7-8H2,1-6H3;10-11H,7-9H2,1-6H3;9-10,13-14H,6-8H2,1-5H3;8-10H,7H2,1-6H3;9-10,12H,5-8H2,1-4H3;8-10,12H,6-7H2,1-5H3;8-9H,6-7H2,1-5H3;8,10H,4-7H2,1-3H3/t;;;;;;10-;;/m......0../s1. The Balaban J connectivity index is -0.000000231. The van der Waals surface area contributed by atoms with Crippen molar-refractivity contribution >= 4 is 0 Å². The van der Waals surface area contributed by atoms with Crippen LogP contribution in [0.4, 0.5) is 0 Å². The largest absolute Gasteiger partial charge is 0.396 e. The quantitative estimate of drug-likeness (QED) is 0.0304. The Kier molecular flexibility index (Phi) is 83.4. The third-order valence-corrected chi connectivity index (χ3v) is 21.2. The number of aryl methyl sites for hydroxylation is 1. The molecule has 0 aromatic carbocycles. The molecule has 1 saturated heterocycles. The van der Waals surface area contributed by atoms with Crippen molar-refractivity contribution in [1.82, 2.24) is 58.6 Å². The van der Waals surface area contributed by atoms with Gasteiger partial charge in [0.1, 0.15) is 0 Å². The van der Waals surface area contributed by atoms with Gasteiger partial charge in [-0.25, -0.2) is 4.98 Å². The number of aromatic nitrogens is 2. The van der Waals surface area contributed by atoms with E-state index in [0.29, 0.717) is 129 Å². The van der Waals surface area contributed by atoms with Crippen molar-refractivity contribution in [3.05, 3.63) is 18.7 Å². The molecule has 0 saturated carbocycles. The monoisotopic (exact) mass is 1670 g/mol. The molecule has 2 heterocycles. The maximum Gasteiger partial charge on any atom is 0.169 e. The average Bonchev–Trinajstić information content (AvgIpc) is 1.01. The van der Waals surface area contributed by atoms with E-state index in [2.05, 4.69) is 315 Å². The summed E-state index contributed by atoms with van der Waals surface area (Å²) < 4.78 is 34.1. The van der Waals surface area contributed by atoms with Crippen LogP contribution >= 0.6 is 0 Å². The average molecular weight is 1670 g/mol. The fraction of sp³-hybridized carbons (Fsp3) is 0.968. The Morgan fingerprint density at radius 2 is 0.853 bits per heavy atom. The van der Waals surface area contributed by atoms with Gasteiger partial charge in [-0.1, -0.05) is 13.8 Å². The maximum atomic E-state index is 9.44. The maximum absolute atomic E-state index is 9.44. The predicted molar refractivity (Wildman–Crippen MR) is 501 cm³/mol. The van der Waals surface area contributed by atoms with Gasteiger partial charge >= 0.3 is 0 Å². The number of aliphatic hydroxyl groups excluding tert-OH is 5. The van der Waals surface area contributed by atoms with E-state index in [1.165, 1.54) is 25.9 Å². The fourth-order valence-corrected chi connectivity index (χ4v) is 14.2. The van der Waals surface area contributed by atoms with Gasteiger partial charge in [0.05, 0.1) is 70.3 Å². The van der Waals surface area contributed by atoms with Gasteiger partial charge in [-0.2, -0.15) is 0 Å². The second kappa shape index (κ2) is 75.9. The highest BCUT2D eigenvalue weighted by Crippen LogP contribution is 2.26. The molecule has 1 aliphatic heterocycles. The molecule has 2 atom stereocenters. The smallest absolute Gasteiger partial charge is 0.169 e. The van der Waals surface area contributed by atoms with Crippen LogP contribution in [0.25, 0.3) is 0 Å². The molecule has 5 N–H and O–H groups in total. The van der Waals surface area contributed by atoms with Crippen molar-refractivity contribution in [2.45, 2.75) is 441 Å². The molecule has 1 unspecified atom stereocenters. The molecule has 116 heavy (non-hydrogen) atoms. The molecule has 0 spiro atoms. The van der Waals surface area contributed by atoms with E-state index in [1.54, 1.807) is 21.3 Å². The Bertz CT molecular complexity index is 2090. The molecule has 0 amide bonds. The van der Waals surface area contributed by atoms with Gasteiger partial charge in [0.25, 0.3) is 0 Å². The predicted octanol–water partition coefficient (Wildman–Crippen LogP) is 15.5. The van der Waals surface area contributed by atoms with Crippen molar-refractivity contribution in [3.63, 3.8) is 0 Å². The molecule has 706 valence electrons. The lowest BCUT2D eigenvalue weighted by molar-refractivity contribution is -0.141. The first-order valence-electron chi connectivity index (χ1n) is 45.7. The van der Waals surface area contributed by atoms with E-state index >= 15 is 0 Å². The topological polar surface area (TPSA) is 207 Å². The number of hydrogen-bond donors (Lipinski definition) is 5. The zero-order valence-electron chi connectivity index (χ0n) is 85.3. The van der Waals surface area contributed by atoms with Crippen molar-refractivity contribution < 1.29 is 54.0 Å². The van der Waals surface area contributed by atoms with E-state index in [0.717, 1.165) is 84.8 Å². The second-order valence-electron chi connectivity index (χ2n) is 36.7. The summed E-state index contributed by atoms with van der Waals surface area (Å²) in [5.74, 6) is -0.399. The lowest BCUT2D eigenvalue weighted by Crippen LogP contribution is -2.59. The molecule has 1 fully saturated rings. The molecule has 23 heteroatoms. The van der Waals surface area contributed by atoms with Crippen LogP contribution in [0.1, 0.15) is 302 Å². The van der Waals surface area contributed by atoms with Crippen molar-refractivity contribution in [2.75, 3.05) is 154 Å². The summed E-state index contributed by atoms with van der Waals surface area (Å²) in [4.78, 5) is 27.9. The molecule has 0 aliphatic carbocycles. The van der Waals surface area contributed by atoms with E-state index in [9.17, 15) is 10.2 Å². The van der Waals surface area contributed by atoms with Crippen LogP contribution in [0.3, 0.4) is 0 Å². The minimum absolute atomic E-state index is 0.0103. The number of rotatable bonds is 50. The SMILES string of the molecule is CC(C)N(C)CCCN(C)C(C)C.CC(C)N(CC1COC(C)(C)O1)C(C)C.CC(C)N(CCCn1ccnc1)C(C)C.CC(C)N(CCOCCO)C(C)C.CC(C)N(CC[C@H](C)O)C(C)C.CCC(CO)(CO)N(C(C)C)C(C)C.CCN(CCCO)C(C)C.COC(CN(C(C)C)C(C)C)OC.COCCN(C(C)C)C(C)C. The van der Waals surface area contributed by atoms with Crippen LogP contribution < -0.4 is 0 Å². The van der Waals surface area contributed by atoms with Gasteiger partial charge in [0.2, 0.25) is 0 Å². The normalized spacial score (nSPS) is 14.3. The first kappa shape index (κ1) is 128. The van der Waals surface area contributed by atoms with Crippen molar-refractivity contribution in [1.29, 1.82) is 0 Å². The Morgan fingerprint density at radius 3 is 1.13 bits per heavy atom. The van der Waals surface area contributed by atoms with Crippen LogP contribution in [-0.2, 0) is 35.0 Å². The summed E-state index contributed by atoms with van der Waals surface area (Å²) in [5.41, 5.74) is -0.470. The summed E-state index contributed by atoms with van der Waals surface area (Å²) in [5, 5.41) is 45.1. The van der Waals surface area contributed by atoms with E-state index in [4.69, 9.17) is 43.7 Å². The molecule has 1 aliphatic rings. The third-order valence-electron chi connectivity index (χ3n) is 21.2. The molecule has 2 rings (SSSR count). The van der Waals surface area contributed by atoms with Gasteiger partial charge in [0, 0.05) is 195 Å². The first-order chi connectivity index (χ1) is 53.7. The van der Waals surface area contributed by atoms with Crippen LogP contribution in [-0.4, -0.2) is 370 Å². The Morgan fingerprint density at radius 1 is 0.457 bits per heavy atom. The van der Waals surface area contributed by atoms with Gasteiger partial charge in [-0.15, -0.1) is 0 Å². The number of methoxy groups -OCH3 is 3. The fourth-order valence-electron chi connectivity index (χ4n) is 14.2. The molecule has 23 nitrogen and oxygen atoms in total. The van der Waals surface area contributed by atoms with Gasteiger partial charge in [0.15, 0.2) is 12.1 Å². The van der Waals surface area contributed by atoms with Crippen LogP contribution in [0.15, 0.2) is 18.7 Å². The highest BCUT2D eigenvalue weighted by atomic mass is 16.7. The molecular formula is C93H208N12O11. The summed E-state index contributed by atoms with van der Waals surface area (Å²) in [7, 11) is 9.49. The highest BCUT2D eigenvalue weighted by molar-refractivity contribution is 4.92. The van der Waals surface area contributed by atoms with Crippen molar-refractivity contribution in [2.24, 2.45) is 0 Å². The molecule has 1 aromatic rings. The van der Waals surface area contributed by atoms with Gasteiger partial charge in [-0.3, -0.25) is 34.3 Å². The van der Waals surface area contributed by atoms with Gasteiger partial charge in [-0.05, 0) is 322 Å². The number of aliphatic hydroxyl groups is 5. The summed E-state index contributed by atoms with van der Waals surface area (Å²) >= 11 is 0. The highest BCUT2D eigenvalue weighted by Gasteiger charge is 2.38. The van der Waals surface area contributed by atoms with E-state index < -0.39 is 11.3 Å². The third kappa shape index (κ3) is 66.9. The zero-order chi connectivity index (χ0) is 91.9. The second-order valence-corrected chi connectivity index (χ2v) is 36.7. The summed E-state index contributed by atoms with van der Waals surface area (Å²) in [6, 6.07) is 9.50. The van der Waals surface area contributed by atoms with Crippen molar-refractivity contribution in [3.8, 4) is 0 Å². The van der Waals surface area contributed by atoms with Crippen LogP contribution in [0.5, 0.6) is 0 Å². The summed E-state index contributed by atoms with van der Waals surface area (Å²) in [6.07, 6.45) is 10.6. The lowest BCUT2D eigenvalue weighted by Gasteiger charge is -2.46. The molecular weight excluding hydrogens is 1460 g/mol. The summed E-state index contributed by atoms with van der Waals surface area (Å²) in [6.45, 7) is 99.3. The zero-order valence-corrected chi connectivity index (χ0v) is 85.3. The lowest BCUT2D eigenvalue weighted by atomic mass is 9.92. The Hall–Kier alpha value is -1.63. The molecule has 0 radical (unpaired) electrons. The number of ether oxygens (including phenoxy) is 6. The van der Waals surface area contributed by atoms with E-state index in [1.807, 2.05) is 46.4 Å². The molecule has 1 aromatic heterocycles.